The molecule has 0 aliphatic heterocycles. The maximum atomic E-state index is 13.3. The molecule has 0 fully saturated rings. The molecular weight excluding hydrogens is 369 g/mol. The van der Waals surface area contributed by atoms with Crippen molar-refractivity contribution in [2.45, 2.75) is 25.2 Å². The van der Waals surface area contributed by atoms with E-state index in [0.29, 0.717) is 24.3 Å². The fourth-order valence-corrected chi connectivity index (χ4v) is 4.33. The first-order chi connectivity index (χ1) is 12.7. The first-order valence-corrected chi connectivity index (χ1v) is 10.3. The van der Waals surface area contributed by atoms with Crippen molar-refractivity contribution in [3.05, 3.63) is 59.4 Å². The summed E-state index contributed by atoms with van der Waals surface area (Å²) in [6.45, 7) is 3.95. The lowest BCUT2D eigenvalue weighted by atomic mass is 10.1. The van der Waals surface area contributed by atoms with Crippen LogP contribution in [0.5, 0.6) is 0 Å². The molecule has 1 N–H and O–H groups in total. The highest BCUT2D eigenvalue weighted by Crippen LogP contribution is 2.19. The second-order valence-electron chi connectivity index (χ2n) is 6.61. The van der Waals surface area contributed by atoms with E-state index < -0.39 is 15.7 Å². The molecule has 0 bridgehead atoms. The zero-order chi connectivity index (χ0) is 20.0. The minimum absolute atomic E-state index is 0.0153. The van der Waals surface area contributed by atoms with Crippen molar-refractivity contribution in [2.24, 2.45) is 5.92 Å². The Morgan fingerprint density at radius 3 is 2.63 bits per heavy atom. The number of sulfone groups is 1. The molecule has 2 aromatic rings. The number of anilines is 1. The number of halogens is 1. The van der Waals surface area contributed by atoms with Gasteiger partial charge in [0.05, 0.1) is 10.6 Å². The summed E-state index contributed by atoms with van der Waals surface area (Å²) in [6, 6.07) is 10.2. The molecule has 2 rings (SSSR count). The number of benzene rings is 2. The number of amides is 1. The van der Waals surface area contributed by atoms with E-state index in [4.69, 9.17) is 4.74 Å². The van der Waals surface area contributed by atoms with Gasteiger partial charge >= 0.3 is 0 Å². The fraction of sp³-hybridized carbons (Fsp3) is 0.350. The smallest absolute Gasteiger partial charge is 0.255 e. The molecule has 146 valence electrons. The first-order valence-electron chi connectivity index (χ1n) is 8.62. The quantitative estimate of drug-likeness (QED) is 0.740. The van der Waals surface area contributed by atoms with Crippen molar-refractivity contribution in [3.8, 4) is 0 Å². The van der Waals surface area contributed by atoms with Crippen molar-refractivity contribution in [1.29, 1.82) is 0 Å². The number of rotatable bonds is 8. The van der Waals surface area contributed by atoms with E-state index in [0.717, 1.165) is 0 Å². The Morgan fingerprint density at radius 1 is 1.22 bits per heavy atom. The summed E-state index contributed by atoms with van der Waals surface area (Å²) in [5.41, 5.74) is 1.08. The average Bonchev–Trinajstić information content (AvgIpc) is 2.63. The van der Waals surface area contributed by atoms with Crippen molar-refractivity contribution in [1.82, 2.24) is 0 Å². The summed E-state index contributed by atoms with van der Waals surface area (Å²) in [7, 11) is -1.94. The third-order valence-electron chi connectivity index (χ3n) is 4.19. The van der Waals surface area contributed by atoms with Gasteiger partial charge in [-0.3, -0.25) is 4.79 Å². The van der Waals surface area contributed by atoms with Crippen LogP contribution in [-0.2, 0) is 14.6 Å². The van der Waals surface area contributed by atoms with Crippen molar-refractivity contribution < 1.29 is 22.3 Å². The van der Waals surface area contributed by atoms with Crippen LogP contribution < -0.4 is 5.32 Å². The Balaban J connectivity index is 2.15. The van der Waals surface area contributed by atoms with E-state index >= 15 is 0 Å². The Morgan fingerprint density at radius 2 is 1.96 bits per heavy atom. The average molecular weight is 393 g/mol. The van der Waals surface area contributed by atoms with E-state index in [9.17, 15) is 17.6 Å². The zero-order valence-corrected chi connectivity index (χ0v) is 16.5. The van der Waals surface area contributed by atoms with Crippen LogP contribution in [-0.4, -0.2) is 33.8 Å². The summed E-state index contributed by atoms with van der Waals surface area (Å²) in [5.74, 6) is -0.887. The van der Waals surface area contributed by atoms with Gasteiger partial charge in [-0.25, -0.2) is 12.8 Å². The third-order valence-corrected chi connectivity index (χ3v) is 6.17. The molecule has 0 aliphatic carbocycles. The van der Waals surface area contributed by atoms with Gasteiger partial charge in [-0.1, -0.05) is 13.0 Å². The Labute approximate surface area is 159 Å². The topological polar surface area (TPSA) is 72.5 Å². The minimum atomic E-state index is -3.52. The minimum Gasteiger partial charge on any atom is -0.385 e. The molecule has 2 aromatic carbocycles. The number of aryl methyl sites for hydroxylation is 1. The lowest BCUT2D eigenvalue weighted by Crippen LogP contribution is -2.17. The molecule has 0 saturated carbocycles. The summed E-state index contributed by atoms with van der Waals surface area (Å²) in [6.07, 6.45) is 0.639. The van der Waals surface area contributed by atoms with Gasteiger partial charge < -0.3 is 10.1 Å². The van der Waals surface area contributed by atoms with Crippen molar-refractivity contribution >= 4 is 21.4 Å². The first kappa shape index (κ1) is 21.1. The van der Waals surface area contributed by atoms with E-state index in [2.05, 4.69) is 5.32 Å². The predicted octanol–water partition coefficient (Wildman–Crippen LogP) is 3.83. The van der Waals surface area contributed by atoms with Crippen LogP contribution in [0.3, 0.4) is 0 Å². The van der Waals surface area contributed by atoms with Crippen LogP contribution in [0, 0.1) is 18.7 Å². The van der Waals surface area contributed by atoms with Gasteiger partial charge in [-0.15, -0.1) is 0 Å². The predicted molar refractivity (Wildman–Crippen MR) is 103 cm³/mol. The summed E-state index contributed by atoms with van der Waals surface area (Å²) < 4.78 is 43.5. The largest absolute Gasteiger partial charge is 0.385 e. The number of hydrogen-bond donors (Lipinski definition) is 1. The van der Waals surface area contributed by atoms with E-state index in [-0.39, 0.29) is 27.9 Å². The van der Waals surface area contributed by atoms with Crippen LogP contribution in [0.4, 0.5) is 10.1 Å². The summed E-state index contributed by atoms with van der Waals surface area (Å²) in [5, 5.41) is 2.66. The van der Waals surface area contributed by atoms with E-state index in [1.165, 1.54) is 36.4 Å². The van der Waals surface area contributed by atoms with Gasteiger partial charge in [0.2, 0.25) is 0 Å². The molecule has 5 nitrogen and oxygen atoms in total. The second kappa shape index (κ2) is 9.10. The monoisotopic (exact) mass is 393 g/mol. The van der Waals surface area contributed by atoms with Crippen molar-refractivity contribution in [3.63, 3.8) is 0 Å². The van der Waals surface area contributed by atoms with Gasteiger partial charge in [-0.05, 0) is 61.2 Å². The van der Waals surface area contributed by atoms with Gasteiger partial charge in [0.25, 0.3) is 5.91 Å². The molecule has 1 atom stereocenters. The molecule has 0 heterocycles. The van der Waals surface area contributed by atoms with Crippen molar-refractivity contribution in [2.75, 3.05) is 24.8 Å². The maximum absolute atomic E-state index is 13.3. The standard InChI is InChI=1S/C20H24FNO4S/c1-14(9-10-26-3)13-27(24,25)18-6-4-5-16(12-18)20(23)22-17-7-8-19(21)15(2)11-17/h4-8,11-12,14H,9-10,13H2,1-3H3,(H,22,23). The lowest BCUT2D eigenvalue weighted by molar-refractivity contribution is 0.102. The SMILES string of the molecule is COCCC(C)CS(=O)(=O)c1cccc(C(=O)Nc2ccc(F)c(C)c2)c1. The van der Waals surface area contributed by atoms with E-state index in [1.54, 1.807) is 20.1 Å². The number of hydrogen-bond acceptors (Lipinski definition) is 4. The zero-order valence-electron chi connectivity index (χ0n) is 15.7. The number of methoxy groups -OCH3 is 1. The Bertz CT molecular complexity index is 912. The molecule has 1 amide bonds. The maximum Gasteiger partial charge on any atom is 0.255 e. The molecule has 0 aromatic heterocycles. The highest BCUT2D eigenvalue weighted by Gasteiger charge is 2.20. The Kier molecular flexibility index (Phi) is 7.10. The van der Waals surface area contributed by atoms with Crippen LogP contribution in [0.2, 0.25) is 0 Å². The lowest BCUT2D eigenvalue weighted by Gasteiger charge is -2.12. The molecule has 0 radical (unpaired) electrons. The number of ether oxygens (including phenoxy) is 1. The summed E-state index contributed by atoms with van der Waals surface area (Å²) in [4.78, 5) is 12.5. The molecular formula is C20H24FNO4S. The third kappa shape index (κ3) is 5.87. The normalized spacial score (nSPS) is 12.6. The van der Waals surface area contributed by atoms with E-state index in [1.807, 2.05) is 6.92 Å². The van der Waals surface area contributed by atoms with Crippen LogP contribution in [0.25, 0.3) is 0 Å². The molecule has 0 aliphatic rings. The van der Waals surface area contributed by atoms with Gasteiger partial charge in [-0.2, -0.15) is 0 Å². The van der Waals surface area contributed by atoms with Crippen LogP contribution in [0.1, 0.15) is 29.3 Å². The number of nitrogens with one attached hydrogen (secondary N) is 1. The summed E-state index contributed by atoms with van der Waals surface area (Å²) >= 11 is 0. The van der Waals surface area contributed by atoms with Crippen LogP contribution >= 0.6 is 0 Å². The molecule has 0 saturated heterocycles. The highest BCUT2D eigenvalue weighted by molar-refractivity contribution is 7.91. The second-order valence-corrected chi connectivity index (χ2v) is 8.65. The molecule has 1 unspecified atom stereocenters. The van der Waals surface area contributed by atoms with Crippen LogP contribution in [0.15, 0.2) is 47.4 Å². The Hall–Kier alpha value is -2.25. The molecule has 0 spiro atoms. The molecule has 27 heavy (non-hydrogen) atoms. The fourth-order valence-electron chi connectivity index (χ4n) is 2.63. The number of carbonyl (C=O) groups excluding carboxylic acids is 1. The molecule has 7 heteroatoms. The van der Waals surface area contributed by atoms with Gasteiger partial charge in [0.15, 0.2) is 9.84 Å². The van der Waals surface area contributed by atoms with Gasteiger partial charge in [0.1, 0.15) is 5.82 Å². The highest BCUT2D eigenvalue weighted by atomic mass is 32.2. The number of carbonyl (C=O) groups is 1. The van der Waals surface area contributed by atoms with Gasteiger partial charge in [0, 0.05) is 25.0 Å².